The Morgan fingerprint density at radius 2 is 1.83 bits per heavy atom. The number of hydrogen-bond donors (Lipinski definition) is 1. The number of carbonyl (C=O) groups excluding carboxylic acids is 1. The third-order valence-corrected chi connectivity index (χ3v) is 7.65. The molecule has 1 amide bonds. The average Bonchev–Trinajstić information content (AvgIpc) is 3.34. The number of benzene rings is 1. The Morgan fingerprint density at radius 1 is 1.17 bits per heavy atom. The quantitative estimate of drug-likeness (QED) is 0.714. The van der Waals surface area contributed by atoms with Crippen molar-refractivity contribution in [1.29, 1.82) is 0 Å². The van der Waals surface area contributed by atoms with E-state index in [2.05, 4.69) is 29.5 Å². The minimum Gasteiger partial charge on any atom is -0.355 e. The molecule has 1 aliphatic rings. The van der Waals surface area contributed by atoms with E-state index in [4.69, 9.17) is 0 Å². The lowest BCUT2D eigenvalue weighted by Gasteiger charge is -2.16. The van der Waals surface area contributed by atoms with E-state index in [0.717, 1.165) is 12.8 Å². The summed E-state index contributed by atoms with van der Waals surface area (Å²) in [5.41, 5.74) is 2.27. The second-order valence-electron chi connectivity index (χ2n) is 7.70. The molecule has 1 N–H and O–H groups in total. The highest BCUT2D eigenvalue weighted by Gasteiger charge is 2.32. The first-order valence-electron chi connectivity index (χ1n) is 10.2. The summed E-state index contributed by atoms with van der Waals surface area (Å²) < 4.78 is 29.0. The van der Waals surface area contributed by atoms with E-state index in [9.17, 15) is 13.2 Å². The Morgan fingerprint density at radius 3 is 2.48 bits per heavy atom. The Labute approximate surface area is 173 Å². The lowest BCUT2D eigenvalue weighted by atomic mass is 10.0. The van der Waals surface area contributed by atoms with Crippen molar-refractivity contribution >= 4 is 15.9 Å². The summed E-state index contributed by atoms with van der Waals surface area (Å²) in [7, 11) is -3.52. The molecule has 1 atom stereocenters. The molecular weight excluding hydrogens is 388 g/mol. The van der Waals surface area contributed by atoms with E-state index in [1.54, 1.807) is 18.5 Å². The smallest absolute Gasteiger partial charge is 0.246 e. The van der Waals surface area contributed by atoms with Crippen molar-refractivity contribution in [1.82, 2.24) is 19.4 Å². The number of aryl methyl sites for hydroxylation is 2. The molecule has 0 spiro atoms. The van der Waals surface area contributed by atoms with Gasteiger partial charge in [0.25, 0.3) is 0 Å². The van der Waals surface area contributed by atoms with Crippen molar-refractivity contribution in [3.8, 4) is 0 Å². The number of carbonyl (C=O) groups is 1. The van der Waals surface area contributed by atoms with Gasteiger partial charge in [-0.2, -0.15) is 9.40 Å². The predicted octanol–water partition coefficient (Wildman–Crippen LogP) is 2.59. The molecule has 1 fully saturated rings. The van der Waals surface area contributed by atoms with Crippen molar-refractivity contribution in [2.45, 2.75) is 57.4 Å². The summed E-state index contributed by atoms with van der Waals surface area (Å²) in [4.78, 5) is 12.6. The monoisotopic (exact) mass is 418 g/mol. The van der Waals surface area contributed by atoms with E-state index in [0.29, 0.717) is 37.6 Å². The molecule has 2 aromatic rings. The van der Waals surface area contributed by atoms with Gasteiger partial charge in [0, 0.05) is 26.1 Å². The van der Waals surface area contributed by atoms with Gasteiger partial charge >= 0.3 is 0 Å². The van der Waals surface area contributed by atoms with Crippen LogP contribution in [0.5, 0.6) is 0 Å². The average molecular weight is 419 g/mol. The van der Waals surface area contributed by atoms with Gasteiger partial charge in [-0.15, -0.1) is 0 Å². The zero-order chi connectivity index (χ0) is 21.0. The Balaban J connectivity index is 1.59. The number of rotatable bonds is 8. The van der Waals surface area contributed by atoms with Gasteiger partial charge in [-0.1, -0.05) is 37.3 Å². The van der Waals surface area contributed by atoms with Gasteiger partial charge in [0.15, 0.2) is 0 Å². The highest BCUT2D eigenvalue weighted by atomic mass is 32.2. The van der Waals surface area contributed by atoms with Crippen molar-refractivity contribution in [3.63, 3.8) is 0 Å². The summed E-state index contributed by atoms with van der Waals surface area (Å²) in [5, 5.41) is 7.35. The molecule has 0 aliphatic carbocycles. The molecule has 1 aliphatic heterocycles. The van der Waals surface area contributed by atoms with Gasteiger partial charge in [0.05, 0.1) is 17.9 Å². The summed E-state index contributed by atoms with van der Waals surface area (Å²) in [5.74, 6) is 0.162. The van der Waals surface area contributed by atoms with E-state index < -0.39 is 10.0 Å². The molecule has 8 heteroatoms. The van der Waals surface area contributed by atoms with Crippen LogP contribution in [0.4, 0.5) is 0 Å². The maximum atomic E-state index is 12.9. The number of hydrogen-bond acceptors (Lipinski definition) is 4. The van der Waals surface area contributed by atoms with Crippen molar-refractivity contribution in [2.75, 3.05) is 19.6 Å². The SMILES string of the molecule is Cc1nn(CCC(=O)NC[C@@H](C)c2ccccc2)c(C)c1S(=O)(=O)N1CCCC1. The van der Waals surface area contributed by atoms with Crippen LogP contribution in [0.25, 0.3) is 0 Å². The Kier molecular flexibility index (Phi) is 6.74. The third-order valence-electron chi connectivity index (χ3n) is 5.50. The molecule has 29 heavy (non-hydrogen) atoms. The van der Waals surface area contributed by atoms with Crippen LogP contribution in [0.15, 0.2) is 35.2 Å². The maximum Gasteiger partial charge on any atom is 0.246 e. The van der Waals surface area contributed by atoms with Gasteiger partial charge in [0.1, 0.15) is 4.90 Å². The van der Waals surface area contributed by atoms with Crippen molar-refractivity contribution in [2.24, 2.45) is 0 Å². The largest absolute Gasteiger partial charge is 0.355 e. The highest BCUT2D eigenvalue weighted by molar-refractivity contribution is 7.89. The summed E-state index contributed by atoms with van der Waals surface area (Å²) in [6.45, 7) is 7.60. The lowest BCUT2D eigenvalue weighted by Crippen LogP contribution is -2.29. The minimum absolute atomic E-state index is 0.0655. The standard InChI is InChI=1S/C21H30N4O3S/c1-16(19-9-5-4-6-10-19)15-22-20(26)11-14-25-18(3)21(17(2)23-25)29(27,28)24-12-7-8-13-24/h4-6,9-10,16H,7-8,11-15H2,1-3H3,(H,22,26)/t16-/m1/s1. The second-order valence-corrected chi connectivity index (χ2v) is 9.57. The van der Waals surface area contributed by atoms with Gasteiger partial charge < -0.3 is 5.32 Å². The molecule has 3 rings (SSSR count). The van der Waals surface area contributed by atoms with Crippen molar-refractivity contribution in [3.05, 3.63) is 47.3 Å². The van der Waals surface area contributed by atoms with Gasteiger partial charge in [-0.3, -0.25) is 9.48 Å². The van der Waals surface area contributed by atoms with Crippen LogP contribution in [0.3, 0.4) is 0 Å². The molecule has 1 aromatic heterocycles. The molecule has 2 heterocycles. The van der Waals surface area contributed by atoms with Crippen molar-refractivity contribution < 1.29 is 13.2 Å². The fourth-order valence-electron chi connectivity index (χ4n) is 3.79. The molecule has 0 unspecified atom stereocenters. The van der Waals surface area contributed by atoms with Crippen LogP contribution < -0.4 is 5.32 Å². The molecule has 0 bridgehead atoms. The molecule has 0 saturated carbocycles. The van der Waals surface area contributed by atoms with E-state index in [1.807, 2.05) is 18.2 Å². The van der Waals surface area contributed by atoms with Crippen LogP contribution in [0.2, 0.25) is 0 Å². The van der Waals surface area contributed by atoms with Crippen LogP contribution in [-0.2, 0) is 21.4 Å². The fraction of sp³-hybridized carbons (Fsp3) is 0.524. The van der Waals surface area contributed by atoms with Gasteiger partial charge in [-0.25, -0.2) is 8.42 Å². The highest BCUT2D eigenvalue weighted by Crippen LogP contribution is 2.26. The van der Waals surface area contributed by atoms with E-state index in [1.165, 1.54) is 9.87 Å². The summed E-state index contributed by atoms with van der Waals surface area (Å²) >= 11 is 0. The van der Waals surface area contributed by atoms with E-state index >= 15 is 0 Å². The third kappa shape index (κ3) is 4.87. The minimum atomic E-state index is -3.52. The normalized spacial score (nSPS) is 16.1. The second kappa shape index (κ2) is 9.09. The summed E-state index contributed by atoms with van der Waals surface area (Å²) in [6, 6.07) is 10.1. The number of amides is 1. The molecule has 1 aromatic carbocycles. The molecule has 7 nitrogen and oxygen atoms in total. The maximum absolute atomic E-state index is 12.9. The Hall–Kier alpha value is -2.19. The number of aromatic nitrogens is 2. The predicted molar refractivity (Wildman–Crippen MR) is 112 cm³/mol. The Bertz CT molecular complexity index is 948. The van der Waals surface area contributed by atoms with Crippen LogP contribution >= 0.6 is 0 Å². The van der Waals surface area contributed by atoms with Gasteiger partial charge in [-0.05, 0) is 38.2 Å². The zero-order valence-electron chi connectivity index (χ0n) is 17.4. The first kappa shape index (κ1) is 21.5. The van der Waals surface area contributed by atoms with Crippen LogP contribution in [-0.4, -0.2) is 48.0 Å². The first-order valence-corrected chi connectivity index (χ1v) is 11.6. The number of nitrogens with one attached hydrogen (secondary N) is 1. The van der Waals surface area contributed by atoms with Crippen LogP contribution in [0.1, 0.15) is 49.1 Å². The first-order chi connectivity index (χ1) is 13.8. The molecule has 158 valence electrons. The summed E-state index contributed by atoms with van der Waals surface area (Å²) in [6.07, 6.45) is 2.05. The van der Waals surface area contributed by atoms with E-state index in [-0.39, 0.29) is 23.1 Å². The molecule has 0 radical (unpaired) electrons. The van der Waals surface area contributed by atoms with Crippen LogP contribution in [0, 0.1) is 13.8 Å². The fourth-order valence-corrected chi connectivity index (χ4v) is 5.68. The lowest BCUT2D eigenvalue weighted by molar-refractivity contribution is -0.121. The molecule has 1 saturated heterocycles. The zero-order valence-corrected chi connectivity index (χ0v) is 18.2. The van der Waals surface area contributed by atoms with Gasteiger partial charge in [0.2, 0.25) is 15.9 Å². The molecular formula is C21H30N4O3S. The number of sulfonamides is 1. The topological polar surface area (TPSA) is 84.3 Å². The number of nitrogens with zero attached hydrogens (tertiary/aromatic N) is 3.